The van der Waals surface area contributed by atoms with Gasteiger partial charge in [-0.2, -0.15) is 13.2 Å². The van der Waals surface area contributed by atoms with Crippen LogP contribution in [0, 0.1) is 5.92 Å². The molecule has 2 aromatic carbocycles. The SMILES string of the molecule is CC(C)(C)OC(=O)NC[C@@H]1CCCN(c2c(N)ccc(Sc3ccccc3)c2C(F)(F)F)C1. The number of benzene rings is 2. The maximum atomic E-state index is 14.3. The van der Waals surface area contributed by atoms with Gasteiger partial charge >= 0.3 is 12.3 Å². The summed E-state index contributed by atoms with van der Waals surface area (Å²) in [5.74, 6) is -0.0165. The molecule has 5 nitrogen and oxygen atoms in total. The van der Waals surface area contributed by atoms with E-state index in [0.29, 0.717) is 26.1 Å². The first-order valence-corrected chi connectivity index (χ1v) is 11.7. The van der Waals surface area contributed by atoms with E-state index in [1.165, 1.54) is 6.07 Å². The van der Waals surface area contributed by atoms with Crippen molar-refractivity contribution in [3.8, 4) is 0 Å². The van der Waals surface area contributed by atoms with Crippen LogP contribution in [0.5, 0.6) is 0 Å². The third-order valence-corrected chi connectivity index (χ3v) is 6.26. The Bertz CT molecular complexity index is 962. The van der Waals surface area contributed by atoms with Crippen molar-refractivity contribution in [3.05, 3.63) is 48.0 Å². The van der Waals surface area contributed by atoms with Crippen LogP contribution in [0.1, 0.15) is 39.2 Å². The number of ether oxygens (including phenoxy) is 1. The van der Waals surface area contributed by atoms with Crippen molar-refractivity contribution in [3.63, 3.8) is 0 Å². The van der Waals surface area contributed by atoms with Crippen molar-refractivity contribution in [2.24, 2.45) is 5.92 Å². The summed E-state index contributed by atoms with van der Waals surface area (Å²) in [7, 11) is 0. The van der Waals surface area contributed by atoms with Gasteiger partial charge in [0.2, 0.25) is 0 Å². The highest BCUT2D eigenvalue weighted by molar-refractivity contribution is 7.99. The second-order valence-electron chi connectivity index (χ2n) is 9.13. The molecule has 0 aliphatic carbocycles. The van der Waals surface area contributed by atoms with Gasteiger partial charge in [0.25, 0.3) is 0 Å². The lowest BCUT2D eigenvalue weighted by atomic mass is 9.96. The molecule has 1 atom stereocenters. The Kier molecular flexibility index (Phi) is 7.72. The zero-order valence-corrected chi connectivity index (χ0v) is 19.9. The van der Waals surface area contributed by atoms with E-state index < -0.39 is 23.4 Å². The molecule has 1 heterocycles. The molecule has 0 saturated carbocycles. The first-order valence-electron chi connectivity index (χ1n) is 10.9. The average Bonchev–Trinajstić information content (AvgIpc) is 2.72. The molecule has 9 heteroatoms. The number of halogens is 3. The normalized spacial score (nSPS) is 17.0. The highest BCUT2D eigenvalue weighted by Crippen LogP contribution is 2.47. The van der Waals surface area contributed by atoms with Crippen LogP contribution in [-0.2, 0) is 10.9 Å². The largest absolute Gasteiger partial charge is 0.444 e. The second-order valence-corrected chi connectivity index (χ2v) is 10.2. The van der Waals surface area contributed by atoms with Crippen LogP contribution in [0.4, 0.5) is 29.3 Å². The molecule has 3 rings (SSSR count). The van der Waals surface area contributed by atoms with Gasteiger partial charge in [0.15, 0.2) is 0 Å². The number of nitrogens with two attached hydrogens (primary N) is 1. The number of alkyl halides is 3. The molecule has 0 radical (unpaired) electrons. The van der Waals surface area contributed by atoms with Crippen LogP contribution < -0.4 is 16.0 Å². The van der Waals surface area contributed by atoms with Crippen molar-refractivity contribution >= 4 is 29.2 Å². The lowest BCUT2D eigenvalue weighted by molar-refractivity contribution is -0.139. The van der Waals surface area contributed by atoms with E-state index in [2.05, 4.69) is 5.32 Å². The minimum Gasteiger partial charge on any atom is -0.444 e. The minimum absolute atomic E-state index is 0.0165. The molecule has 180 valence electrons. The number of anilines is 2. The summed E-state index contributed by atoms with van der Waals surface area (Å²) < 4.78 is 48.1. The standard InChI is InChI=1S/C24H30F3N3O2S/c1-23(2,3)32-22(31)29-14-16-8-7-13-30(15-16)21-18(28)11-12-19(20(21)24(25,26)27)33-17-9-5-4-6-10-17/h4-6,9-12,16H,7-8,13-15,28H2,1-3H3,(H,29,31)/t16-/m0/s1. The average molecular weight is 482 g/mol. The van der Waals surface area contributed by atoms with Gasteiger partial charge in [0.1, 0.15) is 5.60 Å². The zero-order valence-electron chi connectivity index (χ0n) is 19.0. The molecule has 2 aromatic rings. The highest BCUT2D eigenvalue weighted by atomic mass is 32.2. The Morgan fingerprint density at radius 3 is 2.52 bits per heavy atom. The fourth-order valence-electron chi connectivity index (χ4n) is 3.88. The number of nitrogens with one attached hydrogen (secondary N) is 1. The quantitative estimate of drug-likeness (QED) is 0.499. The molecule has 1 aliphatic heterocycles. The van der Waals surface area contributed by atoms with E-state index in [-0.39, 0.29) is 22.2 Å². The smallest absolute Gasteiger partial charge is 0.419 e. The highest BCUT2D eigenvalue weighted by Gasteiger charge is 2.40. The molecule has 0 unspecified atom stereocenters. The van der Waals surface area contributed by atoms with E-state index in [0.717, 1.165) is 23.1 Å². The topological polar surface area (TPSA) is 67.6 Å². The van der Waals surface area contributed by atoms with Crippen LogP contribution in [0.25, 0.3) is 0 Å². The van der Waals surface area contributed by atoms with Gasteiger partial charge in [0, 0.05) is 29.4 Å². The second kappa shape index (κ2) is 10.2. The van der Waals surface area contributed by atoms with Gasteiger partial charge in [-0.3, -0.25) is 0 Å². The molecule has 3 N–H and O–H groups in total. The first-order chi connectivity index (χ1) is 15.4. The van der Waals surface area contributed by atoms with Crippen LogP contribution in [0.3, 0.4) is 0 Å². The number of nitrogens with zero attached hydrogens (tertiary/aromatic N) is 1. The number of piperidine rings is 1. The van der Waals surface area contributed by atoms with E-state index in [9.17, 15) is 18.0 Å². The molecule has 0 bridgehead atoms. The Morgan fingerprint density at radius 2 is 1.88 bits per heavy atom. The first kappa shape index (κ1) is 25.1. The number of carbonyl (C=O) groups is 1. The molecule has 1 amide bonds. The van der Waals surface area contributed by atoms with Crippen molar-refractivity contribution in [2.45, 2.75) is 55.2 Å². The van der Waals surface area contributed by atoms with Gasteiger partial charge in [-0.25, -0.2) is 4.79 Å². The van der Waals surface area contributed by atoms with Gasteiger partial charge < -0.3 is 20.7 Å². The summed E-state index contributed by atoms with van der Waals surface area (Å²) in [6.07, 6.45) is -3.60. The van der Waals surface area contributed by atoms with Crippen LogP contribution >= 0.6 is 11.8 Å². The van der Waals surface area contributed by atoms with Gasteiger partial charge in [-0.1, -0.05) is 30.0 Å². The lowest BCUT2D eigenvalue weighted by Gasteiger charge is -2.37. The Labute approximate surface area is 196 Å². The molecule has 33 heavy (non-hydrogen) atoms. The molecule has 1 fully saturated rings. The van der Waals surface area contributed by atoms with Crippen molar-refractivity contribution in [1.82, 2.24) is 5.32 Å². The van der Waals surface area contributed by atoms with E-state index in [4.69, 9.17) is 10.5 Å². The summed E-state index contributed by atoms with van der Waals surface area (Å²) in [5.41, 5.74) is 4.90. The van der Waals surface area contributed by atoms with Gasteiger partial charge in [0.05, 0.1) is 16.9 Å². The minimum atomic E-state index is -4.57. The number of rotatable bonds is 5. The Hall–Kier alpha value is -2.55. The van der Waals surface area contributed by atoms with Crippen LogP contribution in [0.2, 0.25) is 0 Å². The maximum Gasteiger partial charge on any atom is 0.419 e. The van der Waals surface area contributed by atoms with E-state index >= 15 is 0 Å². The van der Waals surface area contributed by atoms with Crippen molar-refractivity contribution in [2.75, 3.05) is 30.3 Å². The number of carbonyl (C=O) groups excluding carboxylic acids is 1. The van der Waals surface area contributed by atoms with Crippen LogP contribution in [-0.4, -0.2) is 31.3 Å². The monoisotopic (exact) mass is 481 g/mol. The fraction of sp³-hybridized carbons (Fsp3) is 0.458. The Morgan fingerprint density at radius 1 is 1.18 bits per heavy atom. The fourth-order valence-corrected chi connectivity index (χ4v) is 4.88. The maximum absolute atomic E-state index is 14.3. The lowest BCUT2D eigenvalue weighted by Crippen LogP contribution is -2.43. The number of nitrogen functional groups attached to an aromatic ring is 1. The van der Waals surface area contributed by atoms with Gasteiger partial charge in [-0.05, 0) is 63.8 Å². The summed E-state index contributed by atoms with van der Waals surface area (Å²) in [5, 5.41) is 2.74. The predicted octanol–water partition coefficient (Wildman–Crippen LogP) is 6.18. The number of amides is 1. The number of alkyl carbamates (subject to hydrolysis) is 1. The van der Waals surface area contributed by atoms with E-state index in [1.807, 2.05) is 6.07 Å². The number of hydrogen-bond donors (Lipinski definition) is 2. The molecule has 1 aliphatic rings. The molecule has 1 saturated heterocycles. The summed E-state index contributed by atoms with van der Waals surface area (Å²) in [6.45, 7) is 6.48. The number of hydrogen-bond acceptors (Lipinski definition) is 5. The van der Waals surface area contributed by atoms with Crippen molar-refractivity contribution in [1.29, 1.82) is 0 Å². The molecule has 0 spiro atoms. The predicted molar refractivity (Wildman–Crippen MR) is 126 cm³/mol. The Balaban J connectivity index is 1.83. The zero-order chi connectivity index (χ0) is 24.2. The summed E-state index contributed by atoms with van der Waals surface area (Å²) in [6, 6.07) is 11.9. The molecule has 0 aromatic heterocycles. The molecular formula is C24H30F3N3O2S. The van der Waals surface area contributed by atoms with Gasteiger partial charge in [-0.15, -0.1) is 0 Å². The van der Waals surface area contributed by atoms with Crippen molar-refractivity contribution < 1.29 is 22.7 Å². The van der Waals surface area contributed by atoms with Crippen LogP contribution in [0.15, 0.2) is 52.3 Å². The third kappa shape index (κ3) is 6.96. The van der Waals surface area contributed by atoms with E-state index in [1.54, 1.807) is 56.0 Å². The summed E-state index contributed by atoms with van der Waals surface area (Å²) >= 11 is 1.07. The molecular weight excluding hydrogens is 451 g/mol. The summed E-state index contributed by atoms with van der Waals surface area (Å²) in [4.78, 5) is 14.5. The third-order valence-electron chi connectivity index (χ3n) is 5.19.